The summed E-state index contributed by atoms with van der Waals surface area (Å²) in [4.78, 5) is 30.7. The lowest BCUT2D eigenvalue weighted by Gasteiger charge is -2.39. The number of carbonyl (C=O) groups is 2. The highest BCUT2D eigenvalue weighted by molar-refractivity contribution is 5.95. The normalized spacial score (nSPS) is 16.4. The number of likely N-dealkylation sites (tertiary alicyclic amines) is 1. The molecule has 38 heavy (non-hydrogen) atoms. The van der Waals surface area contributed by atoms with Gasteiger partial charge in [-0.3, -0.25) is 9.59 Å². The van der Waals surface area contributed by atoms with Gasteiger partial charge in [-0.25, -0.2) is 0 Å². The number of carbonyl (C=O) groups excluding carboxylic acids is 2. The van der Waals surface area contributed by atoms with Crippen LogP contribution in [0.1, 0.15) is 67.3 Å². The number of hydrogen-bond acceptors (Lipinski definition) is 4. The summed E-state index contributed by atoms with van der Waals surface area (Å²) in [6.07, 6.45) is 9.04. The molecule has 0 bridgehead atoms. The van der Waals surface area contributed by atoms with Crippen molar-refractivity contribution >= 4 is 17.8 Å². The first-order chi connectivity index (χ1) is 18.4. The molecule has 2 amide bonds. The minimum absolute atomic E-state index is 0.112. The van der Waals surface area contributed by atoms with Gasteiger partial charge in [0.2, 0.25) is 5.91 Å². The van der Waals surface area contributed by atoms with Crippen LogP contribution in [0.4, 0.5) is 0 Å². The molecule has 8 nitrogen and oxygen atoms in total. The minimum Gasteiger partial charge on any atom is -0.493 e. The van der Waals surface area contributed by atoms with Crippen LogP contribution in [-0.4, -0.2) is 56.1 Å². The predicted octanol–water partition coefficient (Wildman–Crippen LogP) is 4.30. The summed E-state index contributed by atoms with van der Waals surface area (Å²) in [7, 11) is 1.67. The van der Waals surface area contributed by atoms with Gasteiger partial charge in [-0.2, -0.15) is 4.99 Å². The number of guanidine groups is 1. The molecule has 1 spiro atoms. The Morgan fingerprint density at radius 1 is 0.974 bits per heavy atom. The Labute approximate surface area is 225 Å². The largest absolute Gasteiger partial charge is 0.493 e. The number of benzene rings is 2. The highest BCUT2D eigenvalue weighted by atomic mass is 16.5. The van der Waals surface area contributed by atoms with Gasteiger partial charge >= 0.3 is 0 Å². The smallest absolute Gasteiger partial charge is 0.253 e. The Kier molecular flexibility index (Phi) is 9.39. The number of methoxy groups -OCH3 is 1. The van der Waals surface area contributed by atoms with Crippen molar-refractivity contribution in [3.63, 3.8) is 0 Å². The van der Waals surface area contributed by atoms with E-state index in [9.17, 15) is 9.59 Å². The molecule has 1 saturated heterocycles. The lowest BCUT2D eigenvalue weighted by Crippen LogP contribution is -2.42. The number of aliphatic imine (C=N–C) groups is 1. The fourth-order valence-electron chi connectivity index (χ4n) is 5.70. The van der Waals surface area contributed by atoms with Crippen molar-refractivity contribution in [1.82, 2.24) is 4.90 Å². The van der Waals surface area contributed by atoms with Crippen LogP contribution in [0.3, 0.4) is 0 Å². The van der Waals surface area contributed by atoms with Crippen LogP contribution in [0.5, 0.6) is 5.75 Å². The summed E-state index contributed by atoms with van der Waals surface area (Å²) >= 11 is 0. The first kappa shape index (κ1) is 27.6. The maximum absolute atomic E-state index is 13.2. The Hall–Kier alpha value is -3.39. The van der Waals surface area contributed by atoms with Gasteiger partial charge in [0, 0.05) is 50.8 Å². The molecule has 1 saturated carbocycles. The quantitative estimate of drug-likeness (QED) is 0.274. The molecular formula is C30H40N4O4. The van der Waals surface area contributed by atoms with Crippen molar-refractivity contribution in [2.45, 2.75) is 57.8 Å². The van der Waals surface area contributed by atoms with Crippen molar-refractivity contribution < 1.29 is 19.1 Å². The third-order valence-electron chi connectivity index (χ3n) is 7.90. The van der Waals surface area contributed by atoms with E-state index in [4.69, 9.17) is 20.9 Å². The summed E-state index contributed by atoms with van der Waals surface area (Å²) in [5.41, 5.74) is 14.7. The van der Waals surface area contributed by atoms with E-state index < -0.39 is 0 Å². The van der Waals surface area contributed by atoms with Crippen LogP contribution in [0.25, 0.3) is 11.1 Å². The number of hydrogen-bond donors (Lipinski definition) is 2. The van der Waals surface area contributed by atoms with E-state index in [1.165, 1.54) is 25.7 Å². The maximum Gasteiger partial charge on any atom is 0.253 e. The molecule has 1 aliphatic heterocycles. The predicted molar refractivity (Wildman–Crippen MR) is 149 cm³/mol. The van der Waals surface area contributed by atoms with Crippen LogP contribution < -0.4 is 16.2 Å². The number of amides is 2. The Morgan fingerprint density at radius 3 is 2.34 bits per heavy atom. The van der Waals surface area contributed by atoms with Crippen molar-refractivity contribution in [2.24, 2.45) is 21.9 Å². The average molecular weight is 521 g/mol. The molecule has 0 aromatic heterocycles. The Morgan fingerprint density at radius 2 is 1.68 bits per heavy atom. The van der Waals surface area contributed by atoms with Gasteiger partial charge in [0.15, 0.2) is 5.96 Å². The van der Waals surface area contributed by atoms with Crippen LogP contribution in [0, 0.1) is 5.41 Å². The van der Waals surface area contributed by atoms with Gasteiger partial charge in [0.1, 0.15) is 5.75 Å². The third kappa shape index (κ3) is 7.13. The summed E-state index contributed by atoms with van der Waals surface area (Å²) in [6.45, 7) is 2.82. The molecule has 0 atom stereocenters. The van der Waals surface area contributed by atoms with E-state index in [0.717, 1.165) is 54.8 Å². The molecule has 4 rings (SSSR count). The van der Waals surface area contributed by atoms with E-state index >= 15 is 0 Å². The topological polar surface area (TPSA) is 120 Å². The molecule has 2 fully saturated rings. The number of rotatable bonds is 10. The number of ether oxygens (including phenoxy) is 2. The van der Waals surface area contributed by atoms with E-state index in [0.29, 0.717) is 30.6 Å². The van der Waals surface area contributed by atoms with Gasteiger partial charge in [0.05, 0.1) is 6.61 Å². The molecule has 204 valence electrons. The Bertz CT molecular complexity index is 1130. The SMILES string of the molecule is COCCCOc1cc(CCC(=O)N=C(N)N)ccc1-c1ccc(C(=O)N2CCC3(CCCC3)CC2)cc1. The minimum atomic E-state index is -0.357. The first-order valence-corrected chi connectivity index (χ1v) is 13.7. The fraction of sp³-hybridized carbons (Fsp3) is 0.500. The Balaban J connectivity index is 1.45. The second-order valence-electron chi connectivity index (χ2n) is 10.5. The zero-order chi connectivity index (χ0) is 27.0. The van der Waals surface area contributed by atoms with Crippen molar-refractivity contribution in [3.05, 3.63) is 53.6 Å². The van der Waals surface area contributed by atoms with E-state index in [1.807, 2.05) is 47.4 Å². The highest BCUT2D eigenvalue weighted by Crippen LogP contribution is 2.46. The van der Waals surface area contributed by atoms with Gasteiger partial charge in [-0.1, -0.05) is 37.1 Å². The van der Waals surface area contributed by atoms with Crippen LogP contribution in [0.15, 0.2) is 47.5 Å². The van der Waals surface area contributed by atoms with Crippen molar-refractivity contribution in [2.75, 3.05) is 33.4 Å². The molecule has 2 aliphatic rings. The summed E-state index contributed by atoms with van der Waals surface area (Å²) in [5, 5.41) is 0. The number of nitrogens with zero attached hydrogens (tertiary/aromatic N) is 2. The summed E-state index contributed by atoms with van der Waals surface area (Å²) in [6, 6.07) is 13.7. The van der Waals surface area contributed by atoms with Crippen LogP contribution >= 0.6 is 0 Å². The standard InChI is InChI=1S/C30H40N4O4/c1-37-19-4-20-38-26-21-22(6-12-27(35)33-29(31)32)5-11-25(26)23-7-9-24(10-8-23)28(36)34-17-15-30(16-18-34)13-2-3-14-30/h5,7-11,21H,2-4,6,12-20H2,1H3,(H4,31,32,33,35). The molecule has 0 unspecified atom stereocenters. The second kappa shape index (κ2) is 12.9. The van der Waals surface area contributed by atoms with Gasteiger partial charge in [-0.05, 0) is 66.8 Å². The summed E-state index contributed by atoms with van der Waals surface area (Å²) in [5.74, 6) is 0.252. The van der Waals surface area contributed by atoms with Gasteiger partial charge in [-0.15, -0.1) is 0 Å². The van der Waals surface area contributed by atoms with Crippen molar-refractivity contribution in [3.8, 4) is 16.9 Å². The molecular weight excluding hydrogens is 480 g/mol. The average Bonchev–Trinajstić information content (AvgIpc) is 3.37. The zero-order valence-corrected chi connectivity index (χ0v) is 22.4. The van der Waals surface area contributed by atoms with Crippen LogP contribution in [0.2, 0.25) is 0 Å². The third-order valence-corrected chi connectivity index (χ3v) is 7.90. The highest BCUT2D eigenvalue weighted by Gasteiger charge is 2.38. The fourth-order valence-corrected chi connectivity index (χ4v) is 5.70. The number of piperidine rings is 1. The lowest BCUT2D eigenvalue weighted by molar-refractivity contribution is -0.117. The van der Waals surface area contributed by atoms with Crippen LogP contribution in [-0.2, 0) is 16.0 Å². The van der Waals surface area contributed by atoms with E-state index in [2.05, 4.69) is 4.99 Å². The molecule has 2 aromatic rings. The lowest BCUT2D eigenvalue weighted by atomic mass is 9.77. The summed E-state index contributed by atoms with van der Waals surface area (Å²) < 4.78 is 11.3. The molecule has 1 aliphatic carbocycles. The maximum atomic E-state index is 13.2. The zero-order valence-electron chi connectivity index (χ0n) is 22.4. The molecule has 2 aromatic carbocycles. The molecule has 8 heteroatoms. The molecule has 1 heterocycles. The van der Waals surface area contributed by atoms with Gasteiger partial charge < -0.3 is 25.8 Å². The first-order valence-electron chi connectivity index (χ1n) is 13.7. The van der Waals surface area contributed by atoms with Crippen molar-refractivity contribution in [1.29, 1.82) is 0 Å². The molecule has 0 radical (unpaired) electrons. The second-order valence-corrected chi connectivity index (χ2v) is 10.5. The van der Waals surface area contributed by atoms with Gasteiger partial charge in [0.25, 0.3) is 5.91 Å². The van der Waals surface area contributed by atoms with E-state index in [-0.39, 0.29) is 24.2 Å². The number of nitrogens with two attached hydrogens (primary N) is 2. The molecule has 4 N–H and O–H groups in total. The number of aryl methyl sites for hydroxylation is 1. The monoisotopic (exact) mass is 520 g/mol. The van der Waals surface area contributed by atoms with E-state index in [1.54, 1.807) is 7.11 Å².